The van der Waals surface area contributed by atoms with E-state index in [1.54, 1.807) is 0 Å². The molecule has 0 spiro atoms. The Labute approximate surface area is 115 Å². The molecule has 0 heterocycles. The number of hydrogen-bond donors (Lipinski definition) is 3. The summed E-state index contributed by atoms with van der Waals surface area (Å²) in [6.45, 7) is 0. The van der Waals surface area contributed by atoms with Crippen LogP contribution in [0.5, 0.6) is 5.75 Å². The van der Waals surface area contributed by atoms with E-state index in [4.69, 9.17) is 5.11 Å². The minimum absolute atomic E-state index is 0.0108. The number of aromatic hydroxyl groups is 1. The summed E-state index contributed by atoms with van der Waals surface area (Å²) >= 11 is 0. The zero-order valence-corrected chi connectivity index (χ0v) is 10.7. The number of phenols is 1. The Morgan fingerprint density at radius 3 is 2.55 bits per heavy atom. The minimum atomic E-state index is -1.11. The summed E-state index contributed by atoms with van der Waals surface area (Å²) in [6.07, 6.45) is 6.13. The second kappa shape index (κ2) is 4.67. The van der Waals surface area contributed by atoms with Crippen LogP contribution in [0.15, 0.2) is 30.4 Å². The molecule has 0 aliphatic heterocycles. The number of nitrogens with one attached hydrogen (secondary N) is 1. The Bertz CT molecular complexity index is 608. The van der Waals surface area contributed by atoms with Crippen LogP contribution in [0.4, 0.5) is 5.69 Å². The first kappa shape index (κ1) is 12.7. The number of rotatable bonds is 3. The van der Waals surface area contributed by atoms with Crippen LogP contribution in [0.1, 0.15) is 23.2 Å². The summed E-state index contributed by atoms with van der Waals surface area (Å²) < 4.78 is 0. The van der Waals surface area contributed by atoms with E-state index in [1.807, 2.05) is 0 Å². The summed E-state index contributed by atoms with van der Waals surface area (Å²) in [6, 6.07) is 3.91. The number of carbonyl (C=O) groups is 2. The highest BCUT2D eigenvalue weighted by Gasteiger charge is 2.39. The Balaban J connectivity index is 1.73. The Morgan fingerprint density at radius 1 is 1.20 bits per heavy atom. The molecule has 3 atom stereocenters. The van der Waals surface area contributed by atoms with Gasteiger partial charge in [0, 0.05) is 5.92 Å². The number of amides is 1. The molecule has 0 saturated heterocycles. The largest absolute Gasteiger partial charge is 0.506 e. The van der Waals surface area contributed by atoms with Crippen molar-refractivity contribution in [2.75, 3.05) is 5.32 Å². The number of hydrogen-bond acceptors (Lipinski definition) is 3. The normalized spacial score (nSPS) is 26.7. The first-order valence-electron chi connectivity index (χ1n) is 6.60. The van der Waals surface area contributed by atoms with Crippen LogP contribution in [0.25, 0.3) is 0 Å². The van der Waals surface area contributed by atoms with E-state index in [9.17, 15) is 14.7 Å². The second-order valence-corrected chi connectivity index (χ2v) is 5.41. The van der Waals surface area contributed by atoms with Crippen LogP contribution in [-0.2, 0) is 4.79 Å². The number of carboxylic acids is 1. The molecule has 3 unspecified atom stereocenters. The van der Waals surface area contributed by atoms with Crippen LogP contribution < -0.4 is 5.32 Å². The Hall–Kier alpha value is -2.30. The number of carboxylic acid groups (broad SMARTS) is 1. The van der Waals surface area contributed by atoms with Gasteiger partial charge in [-0.15, -0.1) is 0 Å². The lowest BCUT2D eigenvalue weighted by molar-refractivity contribution is -0.120. The Morgan fingerprint density at radius 2 is 2.00 bits per heavy atom. The molecular formula is C15H15NO4. The monoisotopic (exact) mass is 273 g/mol. The molecule has 1 aromatic carbocycles. The van der Waals surface area contributed by atoms with Crippen LogP contribution in [0, 0.1) is 17.8 Å². The molecule has 5 heteroatoms. The van der Waals surface area contributed by atoms with Crippen LogP contribution in [0.3, 0.4) is 0 Å². The third-order valence-electron chi connectivity index (χ3n) is 4.12. The maximum atomic E-state index is 12.2. The fourth-order valence-corrected chi connectivity index (χ4v) is 3.08. The van der Waals surface area contributed by atoms with Crippen molar-refractivity contribution in [2.24, 2.45) is 17.8 Å². The molecule has 2 bridgehead atoms. The topological polar surface area (TPSA) is 86.6 Å². The molecule has 104 valence electrons. The van der Waals surface area contributed by atoms with Crippen molar-refractivity contribution in [1.29, 1.82) is 0 Å². The molecule has 3 N–H and O–H groups in total. The maximum Gasteiger partial charge on any atom is 0.335 e. The third-order valence-corrected chi connectivity index (χ3v) is 4.12. The van der Waals surface area contributed by atoms with Gasteiger partial charge in [-0.1, -0.05) is 12.2 Å². The van der Waals surface area contributed by atoms with Crippen molar-refractivity contribution in [2.45, 2.75) is 12.8 Å². The van der Waals surface area contributed by atoms with Crippen molar-refractivity contribution >= 4 is 17.6 Å². The van der Waals surface area contributed by atoms with E-state index in [2.05, 4.69) is 17.5 Å². The maximum absolute atomic E-state index is 12.2. The van der Waals surface area contributed by atoms with Crippen molar-refractivity contribution in [3.05, 3.63) is 35.9 Å². The number of carbonyl (C=O) groups excluding carboxylic acids is 1. The summed E-state index contributed by atoms with van der Waals surface area (Å²) in [5.74, 6) is -0.712. The van der Waals surface area contributed by atoms with E-state index in [0.717, 1.165) is 18.9 Å². The van der Waals surface area contributed by atoms with Gasteiger partial charge in [0.1, 0.15) is 5.75 Å². The molecule has 1 amide bonds. The summed E-state index contributed by atoms with van der Waals surface area (Å²) in [7, 11) is 0. The van der Waals surface area contributed by atoms with E-state index < -0.39 is 5.97 Å². The number of anilines is 1. The molecule has 5 nitrogen and oxygen atoms in total. The average Bonchev–Trinajstić information content (AvgIpc) is 3.03. The van der Waals surface area contributed by atoms with Gasteiger partial charge in [-0.2, -0.15) is 0 Å². The van der Waals surface area contributed by atoms with Gasteiger partial charge in [0.15, 0.2) is 0 Å². The molecule has 1 aromatic rings. The van der Waals surface area contributed by atoms with Gasteiger partial charge in [0.25, 0.3) is 0 Å². The van der Waals surface area contributed by atoms with Gasteiger partial charge in [-0.3, -0.25) is 4.79 Å². The molecule has 1 fully saturated rings. The quantitative estimate of drug-likeness (QED) is 0.582. The number of aromatic carboxylic acids is 1. The van der Waals surface area contributed by atoms with E-state index >= 15 is 0 Å². The molecule has 2 aliphatic carbocycles. The highest BCUT2D eigenvalue weighted by molar-refractivity contribution is 5.96. The predicted molar refractivity (Wildman–Crippen MR) is 72.5 cm³/mol. The van der Waals surface area contributed by atoms with Gasteiger partial charge >= 0.3 is 5.97 Å². The summed E-state index contributed by atoms with van der Waals surface area (Å²) in [5.41, 5.74) is 0.245. The van der Waals surface area contributed by atoms with Crippen molar-refractivity contribution in [3.63, 3.8) is 0 Å². The molecule has 2 aliphatic rings. The van der Waals surface area contributed by atoms with Crippen molar-refractivity contribution in [3.8, 4) is 5.75 Å². The van der Waals surface area contributed by atoms with E-state index in [0.29, 0.717) is 11.8 Å². The van der Waals surface area contributed by atoms with Gasteiger partial charge < -0.3 is 15.5 Å². The first-order valence-corrected chi connectivity index (χ1v) is 6.60. The van der Waals surface area contributed by atoms with Crippen LogP contribution >= 0.6 is 0 Å². The molecule has 3 rings (SSSR count). The zero-order chi connectivity index (χ0) is 14.3. The fraction of sp³-hybridized carbons (Fsp3) is 0.333. The molecule has 1 saturated carbocycles. The SMILES string of the molecule is O=C(O)c1ccc(NC(=O)C2CC3C=CC2C3)c(O)c1. The van der Waals surface area contributed by atoms with Crippen molar-refractivity contribution in [1.82, 2.24) is 0 Å². The first-order chi connectivity index (χ1) is 9.54. The standard InChI is InChI=1S/C15H15NO4/c17-13-7-10(15(19)20)3-4-12(13)16-14(18)11-6-8-1-2-9(11)5-8/h1-4,7-9,11,17H,5-6H2,(H,16,18)(H,19,20). The molecular weight excluding hydrogens is 258 g/mol. The molecule has 0 aromatic heterocycles. The number of benzene rings is 1. The smallest absolute Gasteiger partial charge is 0.335 e. The zero-order valence-electron chi connectivity index (χ0n) is 10.7. The van der Waals surface area contributed by atoms with Crippen LogP contribution in [-0.4, -0.2) is 22.1 Å². The number of phenolic OH excluding ortho intramolecular Hbond substituents is 1. The third kappa shape index (κ3) is 2.15. The molecule has 20 heavy (non-hydrogen) atoms. The van der Waals surface area contributed by atoms with Crippen LogP contribution in [0.2, 0.25) is 0 Å². The predicted octanol–water partition coefficient (Wildman–Crippen LogP) is 2.24. The highest BCUT2D eigenvalue weighted by Crippen LogP contribution is 2.44. The van der Waals surface area contributed by atoms with Gasteiger partial charge in [-0.05, 0) is 42.9 Å². The summed E-state index contributed by atoms with van der Waals surface area (Å²) in [5, 5.41) is 21.3. The molecule has 0 radical (unpaired) electrons. The lowest BCUT2D eigenvalue weighted by Gasteiger charge is -2.18. The fourth-order valence-electron chi connectivity index (χ4n) is 3.08. The minimum Gasteiger partial charge on any atom is -0.506 e. The lowest BCUT2D eigenvalue weighted by atomic mass is 9.93. The van der Waals surface area contributed by atoms with Crippen molar-refractivity contribution < 1.29 is 19.8 Å². The summed E-state index contributed by atoms with van der Waals surface area (Å²) in [4.78, 5) is 23.0. The average molecular weight is 273 g/mol. The Kier molecular flexibility index (Phi) is 2.97. The van der Waals surface area contributed by atoms with Gasteiger partial charge in [0.2, 0.25) is 5.91 Å². The van der Waals surface area contributed by atoms with E-state index in [-0.39, 0.29) is 28.8 Å². The second-order valence-electron chi connectivity index (χ2n) is 5.41. The van der Waals surface area contributed by atoms with E-state index in [1.165, 1.54) is 12.1 Å². The highest BCUT2D eigenvalue weighted by atomic mass is 16.4. The number of allylic oxidation sites excluding steroid dienone is 2. The van der Waals surface area contributed by atoms with Gasteiger partial charge in [-0.25, -0.2) is 4.79 Å². The number of fused-ring (bicyclic) bond motifs is 2. The lowest BCUT2D eigenvalue weighted by Crippen LogP contribution is -2.25. The van der Waals surface area contributed by atoms with Gasteiger partial charge in [0.05, 0.1) is 11.3 Å².